The summed E-state index contributed by atoms with van der Waals surface area (Å²) in [5.41, 5.74) is 1.38. The van der Waals surface area contributed by atoms with Crippen molar-refractivity contribution in [2.75, 3.05) is 18.0 Å². The fraction of sp³-hybridized carbons (Fsp3) is 0.412. The van der Waals surface area contributed by atoms with E-state index < -0.39 is 6.10 Å². The molecule has 0 spiro atoms. The third kappa shape index (κ3) is 2.40. The lowest BCUT2D eigenvalue weighted by Gasteiger charge is -2.36. The second-order valence-corrected chi connectivity index (χ2v) is 6.15. The number of hydrogen-bond donors (Lipinski definition) is 1. The average Bonchev–Trinajstić information content (AvgIpc) is 2.59. The topological polar surface area (TPSA) is 106 Å². The summed E-state index contributed by atoms with van der Waals surface area (Å²) in [7, 11) is 1.59. The molecule has 0 unspecified atom stereocenters. The summed E-state index contributed by atoms with van der Waals surface area (Å²) in [6.07, 6.45) is 0.160. The molecule has 7 heteroatoms. The Kier molecular flexibility index (Phi) is 3.96. The second kappa shape index (κ2) is 5.95. The third-order valence-electron chi connectivity index (χ3n) is 4.62. The van der Waals surface area contributed by atoms with Gasteiger partial charge in [-0.2, -0.15) is 10.5 Å². The molecule has 122 valence electrons. The number of aliphatic hydroxyl groups is 1. The molecule has 0 amide bonds. The molecule has 1 fully saturated rings. The van der Waals surface area contributed by atoms with Crippen molar-refractivity contribution in [3.8, 4) is 12.1 Å². The fourth-order valence-electron chi connectivity index (χ4n) is 3.20. The summed E-state index contributed by atoms with van der Waals surface area (Å²) in [5, 5.41) is 28.6. The normalized spacial score (nSPS) is 20.6. The van der Waals surface area contributed by atoms with E-state index in [4.69, 9.17) is 5.26 Å². The Morgan fingerprint density at radius 3 is 2.71 bits per heavy atom. The van der Waals surface area contributed by atoms with E-state index in [2.05, 4.69) is 4.98 Å². The molecule has 2 atom stereocenters. The molecule has 2 aromatic heterocycles. The van der Waals surface area contributed by atoms with Gasteiger partial charge in [0, 0.05) is 20.1 Å². The molecule has 3 heterocycles. The van der Waals surface area contributed by atoms with Gasteiger partial charge in [0.1, 0.15) is 28.9 Å². The first-order chi connectivity index (χ1) is 11.5. The van der Waals surface area contributed by atoms with E-state index in [0.717, 1.165) is 0 Å². The molecule has 0 radical (unpaired) electrons. The first-order valence-electron chi connectivity index (χ1n) is 7.75. The minimum absolute atomic E-state index is 0.0172. The largest absolute Gasteiger partial charge is 0.393 e. The van der Waals surface area contributed by atoms with Gasteiger partial charge in [-0.05, 0) is 24.5 Å². The Hall–Kier alpha value is -2.90. The number of aromatic nitrogens is 2. The van der Waals surface area contributed by atoms with E-state index in [9.17, 15) is 15.2 Å². The number of nitriles is 2. The molecule has 1 aliphatic heterocycles. The monoisotopic (exact) mass is 323 g/mol. The molecule has 1 N–H and O–H groups in total. The van der Waals surface area contributed by atoms with E-state index in [-0.39, 0.29) is 22.7 Å². The number of nitrogens with zero attached hydrogens (tertiary/aromatic N) is 5. The lowest BCUT2D eigenvalue weighted by molar-refractivity contribution is 0.0971. The number of pyridine rings is 2. The number of aryl methyl sites for hydroxylation is 1. The minimum Gasteiger partial charge on any atom is -0.393 e. The molecule has 0 aromatic carbocycles. The van der Waals surface area contributed by atoms with Crippen molar-refractivity contribution >= 4 is 16.7 Å². The van der Waals surface area contributed by atoms with Crippen molar-refractivity contribution < 1.29 is 5.11 Å². The molecule has 0 aliphatic carbocycles. The first-order valence-corrected chi connectivity index (χ1v) is 7.75. The van der Waals surface area contributed by atoms with Crippen LogP contribution in [0.1, 0.15) is 24.6 Å². The number of aliphatic hydroxyl groups excluding tert-OH is 1. The summed E-state index contributed by atoms with van der Waals surface area (Å²) in [6, 6.07) is 7.23. The predicted molar refractivity (Wildman–Crippen MR) is 88.4 cm³/mol. The van der Waals surface area contributed by atoms with Gasteiger partial charge in [-0.25, -0.2) is 4.98 Å². The van der Waals surface area contributed by atoms with Crippen LogP contribution >= 0.6 is 0 Å². The molecule has 2 aromatic rings. The van der Waals surface area contributed by atoms with Crippen molar-refractivity contribution in [3.63, 3.8) is 0 Å². The maximum absolute atomic E-state index is 12.5. The van der Waals surface area contributed by atoms with E-state index in [0.29, 0.717) is 36.2 Å². The zero-order valence-corrected chi connectivity index (χ0v) is 13.5. The molecule has 7 nitrogen and oxygen atoms in total. The highest BCUT2D eigenvalue weighted by Crippen LogP contribution is 2.30. The SMILES string of the molecule is C[C@@H]1CN(c2c(C#N)c(=O)n(C)c3ccc(C#N)nc23)CC[C@@H]1O. The van der Waals surface area contributed by atoms with Gasteiger partial charge in [0.25, 0.3) is 5.56 Å². The lowest BCUT2D eigenvalue weighted by Crippen LogP contribution is -2.43. The summed E-state index contributed by atoms with van der Waals surface area (Å²) >= 11 is 0. The smallest absolute Gasteiger partial charge is 0.270 e. The van der Waals surface area contributed by atoms with Gasteiger partial charge in [0.2, 0.25) is 0 Å². The van der Waals surface area contributed by atoms with Crippen LogP contribution in [0.2, 0.25) is 0 Å². The van der Waals surface area contributed by atoms with Crippen molar-refractivity contribution in [2.45, 2.75) is 19.4 Å². The maximum Gasteiger partial charge on any atom is 0.270 e. The van der Waals surface area contributed by atoms with Gasteiger partial charge in [-0.1, -0.05) is 6.92 Å². The molecular formula is C17H17N5O2. The Morgan fingerprint density at radius 1 is 1.33 bits per heavy atom. The van der Waals surface area contributed by atoms with Crippen LogP contribution in [0.25, 0.3) is 11.0 Å². The molecule has 3 rings (SSSR count). The van der Waals surface area contributed by atoms with Gasteiger partial charge in [-0.3, -0.25) is 4.79 Å². The fourth-order valence-corrected chi connectivity index (χ4v) is 3.20. The number of piperidine rings is 1. The first kappa shape index (κ1) is 16.0. The molecular weight excluding hydrogens is 306 g/mol. The molecule has 24 heavy (non-hydrogen) atoms. The Bertz CT molecular complexity index is 951. The molecule has 1 saturated heterocycles. The van der Waals surface area contributed by atoms with Crippen LogP contribution in [0, 0.1) is 28.6 Å². The molecule has 1 aliphatic rings. The Labute approximate surface area is 139 Å². The third-order valence-corrected chi connectivity index (χ3v) is 4.62. The highest BCUT2D eigenvalue weighted by atomic mass is 16.3. The number of anilines is 1. The minimum atomic E-state index is -0.396. The van der Waals surface area contributed by atoms with E-state index in [1.165, 1.54) is 4.57 Å². The van der Waals surface area contributed by atoms with E-state index in [1.807, 2.05) is 24.0 Å². The van der Waals surface area contributed by atoms with Crippen LogP contribution in [0.3, 0.4) is 0 Å². The summed E-state index contributed by atoms with van der Waals surface area (Å²) in [5.74, 6) is 0.0172. The Balaban J connectivity index is 2.32. The van der Waals surface area contributed by atoms with Gasteiger partial charge in [-0.15, -0.1) is 0 Å². The zero-order valence-electron chi connectivity index (χ0n) is 13.5. The van der Waals surface area contributed by atoms with Crippen molar-refractivity contribution in [1.29, 1.82) is 10.5 Å². The van der Waals surface area contributed by atoms with Crippen LogP contribution in [-0.2, 0) is 7.05 Å². The van der Waals surface area contributed by atoms with Crippen molar-refractivity contribution in [1.82, 2.24) is 9.55 Å². The average molecular weight is 323 g/mol. The summed E-state index contributed by atoms with van der Waals surface area (Å²) in [4.78, 5) is 18.8. The van der Waals surface area contributed by atoms with Gasteiger partial charge < -0.3 is 14.6 Å². The highest BCUT2D eigenvalue weighted by Gasteiger charge is 2.29. The molecule has 0 bridgehead atoms. The molecule has 0 saturated carbocycles. The number of hydrogen-bond acceptors (Lipinski definition) is 6. The highest BCUT2D eigenvalue weighted by molar-refractivity contribution is 5.92. The standard InChI is InChI=1S/C17H17N5O2/c1-10-9-22(6-5-14(10)23)16-12(8-19)17(24)21(2)13-4-3-11(7-18)20-15(13)16/h3-4,10,14,23H,5-6,9H2,1-2H3/t10-,14+/m1/s1. The van der Waals surface area contributed by atoms with E-state index in [1.54, 1.807) is 19.2 Å². The van der Waals surface area contributed by atoms with E-state index >= 15 is 0 Å². The van der Waals surface area contributed by atoms with Crippen LogP contribution in [0.5, 0.6) is 0 Å². The lowest BCUT2D eigenvalue weighted by atomic mass is 9.95. The quantitative estimate of drug-likeness (QED) is 0.835. The van der Waals surface area contributed by atoms with Gasteiger partial charge >= 0.3 is 0 Å². The van der Waals surface area contributed by atoms with Crippen LogP contribution in [-0.4, -0.2) is 33.9 Å². The maximum atomic E-state index is 12.5. The summed E-state index contributed by atoms with van der Waals surface area (Å²) < 4.78 is 1.38. The predicted octanol–water partition coefficient (Wildman–Crippen LogP) is 0.884. The van der Waals surface area contributed by atoms with Crippen molar-refractivity contribution in [2.24, 2.45) is 13.0 Å². The van der Waals surface area contributed by atoms with Crippen LogP contribution in [0.15, 0.2) is 16.9 Å². The Morgan fingerprint density at radius 2 is 2.08 bits per heavy atom. The number of fused-ring (bicyclic) bond motifs is 1. The zero-order chi connectivity index (χ0) is 17.4. The van der Waals surface area contributed by atoms with Gasteiger partial charge in [0.05, 0.1) is 17.3 Å². The second-order valence-electron chi connectivity index (χ2n) is 6.15. The van der Waals surface area contributed by atoms with Gasteiger partial charge in [0.15, 0.2) is 0 Å². The van der Waals surface area contributed by atoms with Crippen LogP contribution < -0.4 is 10.5 Å². The summed E-state index contributed by atoms with van der Waals surface area (Å²) in [6.45, 7) is 2.98. The van der Waals surface area contributed by atoms with Crippen molar-refractivity contribution in [3.05, 3.63) is 33.7 Å². The number of rotatable bonds is 1. The van der Waals surface area contributed by atoms with Crippen LogP contribution in [0.4, 0.5) is 5.69 Å².